The van der Waals surface area contributed by atoms with Crippen LogP contribution in [0.2, 0.25) is 0 Å². The largest absolute Gasteiger partial charge is 0.385 e. The van der Waals surface area contributed by atoms with Crippen LogP contribution in [0.25, 0.3) is 0 Å². The number of aryl methyl sites for hydroxylation is 1. The summed E-state index contributed by atoms with van der Waals surface area (Å²) < 4.78 is 1.50. The van der Waals surface area contributed by atoms with Crippen molar-refractivity contribution in [3.05, 3.63) is 41.1 Å². The zero-order chi connectivity index (χ0) is 16.3. The van der Waals surface area contributed by atoms with E-state index in [2.05, 4.69) is 10.4 Å². The summed E-state index contributed by atoms with van der Waals surface area (Å²) in [5, 5.41) is 7.98. The molecule has 1 aromatic heterocycles. The maximum Gasteiger partial charge on any atom is 0.256 e. The predicted octanol–water partition coefficient (Wildman–Crippen LogP) is 2.97. The lowest BCUT2D eigenvalue weighted by Crippen LogP contribution is -2.28. The molecule has 1 unspecified atom stereocenters. The number of hydrogen-bond acceptors (Lipinski definition) is 4. The van der Waals surface area contributed by atoms with Gasteiger partial charge in [0.25, 0.3) is 5.91 Å². The van der Waals surface area contributed by atoms with Crippen LogP contribution in [0.4, 0.5) is 11.5 Å². The van der Waals surface area contributed by atoms with Crippen LogP contribution in [0.5, 0.6) is 0 Å². The Kier molecular flexibility index (Phi) is 2.84. The Bertz CT molecular complexity index is 834. The van der Waals surface area contributed by atoms with E-state index in [0.717, 1.165) is 48.3 Å². The van der Waals surface area contributed by atoms with Crippen molar-refractivity contribution in [3.63, 3.8) is 0 Å². The Hall–Kier alpha value is -2.30. The van der Waals surface area contributed by atoms with Gasteiger partial charge in [-0.15, -0.1) is 0 Å². The van der Waals surface area contributed by atoms with Gasteiger partial charge in [0.1, 0.15) is 5.82 Å². The zero-order valence-corrected chi connectivity index (χ0v) is 13.7. The normalized spacial score (nSPS) is 23.2. The highest BCUT2D eigenvalue weighted by Crippen LogP contribution is 2.55. The lowest BCUT2D eigenvalue weighted by Gasteiger charge is -2.25. The van der Waals surface area contributed by atoms with E-state index in [-0.39, 0.29) is 11.8 Å². The molecule has 1 atom stereocenters. The standard InChI is InChI=1S/C19H22N4O/c20-17-14-11-19(8-9-19)7-5-16(14)22-23(17)18(24)13-6-10-21-15-4-2-1-3-12(13)15/h1-4,13,21H,5-11,20H2. The van der Waals surface area contributed by atoms with Gasteiger partial charge in [-0.25, -0.2) is 0 Å². The average Bonchev–Trinajstić information content (AvgIpc) is 3.29. The number of fused-ring (bicyclic) bond motifs is 2. The molecule has 1 aliphatic heterocycles. The lowest BCUT2D eigenvalue weighted by molar-refractivity contribution is 0.0859. The van der Waals surface area contributed by atoms with Crippen LogP contribution in [-0.4, -0.2) is 22.2 Å². The van der Waals surface area contributed by atoms with Crippen molar-refractivity contribution in [2.75, 3.05) is 17.6 Å². The Labute approximate surface area is 141 Å². The first kappa shape index (κ1) is 14.1. The van der Waals surface area contributed by atoms with E-state index in [4.69, 9.17) is 5.73 Å². The maximum atomic E-state index is 13.2. The molecule has 24 heavy (non-hydrogen) atoms. The quantitative estimate of drug-likeness (QED) is 0.846. The molecule has 3 aliphatic rings. The van der Waals surface area contributed by atoms with Crippen molar-refractivity contribution in [2.24, 2.45) is 5.41 Å². The average molecular weight is 322 g/mol. The molecule has 124 valence electrons. The fourth-order valence-electron chi connectivity index (χ4n) is 4.40. The molecule has 1 fully saturated rings. The molecule has 5 heteroatoms. The lowest BCUT2D eigenvalue weighted by atomic mass is 9.85. The number of rotatable bonds is 1. The zero-order valence-electron chi connectivity index (χ0n) is 13.7. The van der Waals surface area contributed by atoms with Crippen LogP contribution in [-0.2, 0) is 12.8 Å². The molecule has 2 heterocycles. The highest BCUT2D eigenvalue weighted by atomic mass is 16.2. The molecule has 2 aliphatic carbocycles. The summed E-state index contributed by atoms with van der Waals surface area (Å²) in [7, 11) is 0. The number of nitrogens with one attached hydrogen (secondary N) is 1. The van der Waals surface area contributed by atoms with Crippen LogP contribution >= 0.6 is 0 Å². The number of nitrogens with two attached hydrogens (primary N) is 1. The summed E-state index contributed by atoms with van der Waals surface area (Å²) in [5.74, 6) is 0.429. The molecule has 0 saturated heterocycles. The second-order valence-corrected chi connectivity index (χ2v) is 7.59. The summed E-state index contributed by atoms with van der Waals surface area (Å²) in [6.45, 7) is 0.803. The predicted molar refractivity (Wildman–Crippen MR) is 93.2 cm³/mol. The third-order valence-corrected chi connectivity index (χ3v) is 6.10. The fraction of sp³-hybridized carbons (Fsp3) is 0.474. The van der Waals surface area contributed by atoms with Crippen molar-refractivity contribution >= 4 is 17.4 Å². The van der Waals surface area contributed by atoms with E-state index < -0.39 is 0 Å². The van der Waals surface area contributed by atoms with Crippen molar-refractivity contribution in [3.8, 4) is 0 Å². The number of carbonyl (C=O) groups excluding carboxylic acids is 1. The fourth-order valence-corrected chi connectivity index (χ4v) is 4.40. The molecule has 3 N–H and O–H groups in total. The summed E-state index contributed by atoms with van der Waals surface area (Å²) in [5.41, 5.74) is 11.1. The van der Waals surface area contributed by atoms with Crippen molar-refractivity contribution in [2.45, 2.75) is 44.4 Å². The highest BCUT2D eigenvalue weighted by Gasteiger charge is 2.46. The number of para-hydroxylation sites is 1. The van der Waals surface area contributed by atoms with E-state index in [0.29, 0.717) is 11.2 Å². The Morgan fingerprint density at radius 3 is 2.96 bits per heavy atom. The Morgan fingerprint density at radius 1 is 1.29 bits per heavy atom. The number of anilines is 2. The van der Waals surface area contributed by atoms with Gasteiger partial charge in [-0.2, -0.15) is 9.78 Å². The van der Waals surface area contributed by atoms with E-state index in [9.17, 15) is 4.79 Å². The number of nitrogen functional groups attached to an aromatic ring is 1. The van der Waals surface area contributed by atoms with Crippen LogP contribution in [0.15, 0.2) is 24.3 Å². The molecule has 0 radical (unpaired) electrons. The van der Waals surface area contributed by atoms with Crippen LogP contribution in [0.3, 0.4) is 0 Å². The van der Waals surface area contributed by atoms with Gasteiger partial charge in [0.2, 0.25) is 0 Å². The summed E-state index contributed by atoms with van der Waals surface area (Å²) in [6.07, 6.45) is 6.54. The first-order chi connectivity index (χ1) is 11.7. The Morgan fingerprint density at radius 2 is 2.12 bits per heavy atom. The van der Waals surface area contributed by atoms with Crippen molar-refractivity contribution in [1.29, 1.82) is 0 Å². The number of aromatic nitrogens is 2. The van der Waals surface area contributed by atoms with E-state index >= 15 is 0 Å². The van der Waals surface area contributed by atoms with E-state index in [1.807, 2.05) is 24.3 Å². The molecule has 1 aromatic carbocycles. The molecule has 5 rings (SSSR count). The van der Waals surface area contributed by atoms with Gasteiger partial charge in [0, 0.05) is 17.8 Å². The first-order valence-corrected chi connectivity index (χ1v) is 8.90. The van der Waals surface area contributed by atoms with Gasteiger partial charge < -0.3 is 11.1 Å². The van der Waals surface area contributed by atoms with Gasteiger partial charge in [0.15, 0.2) is 0 Å². The Balaban J connectivity index is 1.52. The molecular weight excluding hydrogens is 300 g/mol. The first-order valence-electron chi connectivity index (χ1n) is 8.90. The minimum absolute atomic E-state index is 0.0145. The van der Waals surface area contributed by atoms with Crippen molar-refractivity contribution in [1.82, 2.24) is 9.78 Å². The van der Waals surface area contributed by atoms with Gasteiger partial charge in [-0.1, -0.05) is 18.2 Å². The van der Waals surface area contributed by atoms with Crippen LogP contribution in [0, 0.1) is 5.41 Å². The molecule has 1 saturated carbocycles. The number of carbonyl (C=O) groups is 1. The number of hydrogen-bond donors (Lipinski definition) is 2. The van der Waals surface area contributed by atoms with Gasteiger partial charge in [0.05, 0.1) is 11.6 Å². The van der Waals surface area contributed by atoms with E-state index in [1.165, 1.54) is 23.9 Å². The topological polar surface area (TPSA) is 72.9 Å². The monoisotopic (exact) mass is 322 g/mol. The second kappa shape index (κ2) is 4.85. The smallest absolute Gasteiger partial charge is 0.256 e. The highest BCUT2D eigenvalue weighted by molar-refractivity contribution is 5.90. The maximum absolute atomic E-state index is 13.2. The second-order valence-electron chi connectivity index (χ2n) is 7.59. The van der Waals surface area contributed by atoms with Gasteiger partial charge in [-0.3, -0.25) is 4.79 Å². The molecule has 0 bridgehead atoms. The molecule has 2 aromatic rings. The van der Waals surface area contributed by atoms with Gasteiger partial charge >= 0.3 is 0 Å². The van der Waals surface area contributed by atoms with Crippen LogP contribution < -0.4 is 11.1 Å². The third-order valence-electron chi connectivity index (χ3n) is 6.10. The molecule has 1 spiro atoms. The summed E-state index contributed by atoms with van der Waals surface area (Å²) in [4.78, 5) is 13.2. The summed E-state index contributed by atoms with van der Waals surface area (Å²) in [6, 6.07) is 8.04. The minimum Gasteiger partial charge on any atom is -0.385 e. The third kappa shape index (κ3) is 2.00. The van der Waals surface area contributed by atoms with Crippen molar-refractivity contribution < 1.29 is 4.79 Å². The van der Waals surface area contributed by atoms with E-state index in [1.54, 1.807) is 0 Å². The van der Waals surface area contributed by atoms with Gasteiger partial charge in [-0.05, 0) is 55.6 Å². The molecule has 5 nitrogen and oxygen atoms in total. The summed E-state index contributed by atoms with van der Waals surface area (Å²) >= 11 is 0. The number of nitrogens with zero attached hydrogens (tertiary/aromatic N) is 2. The minimum atomic E-state index is -0.166. The molecular formula is C19H22N4O. The number of benzene rings is 1. The molecule has 0 amide bonds. The SMILES string of the molecule is Nc1c2c(nn1C(=O)C1CCNc3ccccc31)CCC1(CC1)C2. The van der Waals surface area contributed by atoms with Crippen LogP contribution in [0.1, 0.15) is 53.2 Å².